The van der Waals surface area contributed by atoms with Gasteiger partial charge in [0.2, 0.25) is 5.91 Å². The van der Waals surface area contributed by atoms with Gasteiger partial charge in [0, 0.05) is 6.54 Å². The zero-order chi connectivity index (χ0) is 11.8. The molecule has 0 radical (unpaired) electrons. The maximum atomic E-state index is 12.3. The lowest BCUT2D eigenvalue weighted by molar-refractivity contribution is -0.133. The molecule has 3 rings (SSSR count). The average molecular weight is 235 g/mol. The quantitative estimate of drug-likeness (QED) is 0.835. The Kier molecular flexibility index (Phi) is 2.63. The van der Waals surface area contributed by atoms with Crippen molar-refractivity contribution in [3.8, 4) is 0 Å². The number of carbonyl (C=O) groups excluding carboxylic acids is 1. The Morgan fingerprint density at radius 1 is 1.53 bits per heavy atom. The van der Waals surface area contributed by atoms with Gasteiger partial charge in [-0.25, -0.2) is 4.98 Å². The van der Waals surface area contributed by atoms with E-state index in [4.69, 9.17) is 4.42 Å². The molecule has 1 aliphatic heterocycles. The lowest BCUT2D eigenvalue weighted by atomic mass is 10.1. The molecule has 0 spiro atoms. The molecule has 2 heterocycles. The molecule has 1 aliphatic carbocycles. The van der Waals surface area contributed by atoms with Gasteiger partial charge in [0.15, 0.2) is 6.39 Å². The van der Waals surface area contributed by atoms with Crippen molar-refractivity contribution in [2.24, 2.45) is 11.8 Å². The Bertz CT molecular complexity index is 404. The average Bonchev–Trinajstić information content (AvgIpc) is 2.86. The maximum absolute atomic E-state index is 12.3. The molecule has 2 fully saturated rings. The van der Waals surface area contributed by atoms with Crippen molar-refractivity contribution in [3.05, 3.63) is 18.4 Å². The van der Waals surface area contributed by atoms with Crippen molar-refractivity contribution in [3.63, 3.8) is 0 Å². The van der Waals surface area contributed by atoms with Crippen LogP contribution < -0.4 is 5.32 Å². The third-order valence-corrected chi connectivity index (χ3v) is 3.86. The van der Waals surface area contributed by atoms with Crippen LogP contribution in [0.5, 0.6) is 0 Å². The minimum absolute atomic E-state index is 0.0283. The van der Waals surface area contributed by atoms with E-state index in [0.29, 0.717) is 12.5 Å². The van der Waals surface area contributed by atoms with Crippen molar-refractivity contribution in [2.45, 2.75) is 25.4 Å². The second-order valence-electron chi connectivity index (χ2n) is 5.03. The fraction of sp³-hybridized carbons (Fsp3) is 0.667. The van der Waals surface area contributed by atoms with Crippen LogP contribution in [0, 0.1) is 11.8 Å². The summed E-state index contributed by atoms with van der Waals surface area (Å²) in [4.78, 5) is 18.3. The molecule has 1 saturated heterocycles. The highest BCUT2D eigenvalue weighted by Gasteiger charge is 2.45. The standard InChI is InChI=1S/C12H17N3O2/c1-13-11-3-8-2-9(8)4-15(12(11)16)5-10-6-17-7-14-10/h6-9,11,13H,2-5H2,1H3. The molecule has 1 saturated carbocycles. The largest absolute Gasteiger partial charge is 0.451 e. The first-order valence-corrected chi connectivity index (χ1v) is 6.11. The highest BCUT2D eigenvalue weighted by Crippen LogP contribution is 2.44. The van der Waals surface area contributed by atoms with Gasteiger partial charge in [-0.2, -0.15) is 0 Å². The number of likely N-dealkylation sites (N-methyl/N-ethyl adjacent to an activating group) is 1. The second kappa shape index (κ2) is 4.14. The summed E-state index contributed by atoms with van der Waals surface area (Å²) in [5, 5.41) is 3.13. The predicted octanol–water partition coefficient (Wildman–Crippen LogP) is 0.631. The van der Waals surface area contributed by atoms with Crippen LogP contribution in [0.15, 0.2) is 17.1 Å². The number of likely N-dealkylation sites (tertiary alicyclic amines) is 1. The molecule has 1 N–H and O–H groups in total. The van der Waals surface area contributed by atoms with Crippen LogP contribution in [0.2, 0.25) is 0 Å². The van der Waals surface area contributed by atoms with Gasteiger partial charge in [0.25, 0.3) is 0 Å². The first-order chi connectivity index (χ1) is 8.28. The Morgan fingerprint density at radius 3 is 3.12 bits per heavy atom. The van der Waals surface area contributed by atoms with Crippen LogP contribution in [0.4, 0.5) is 0 Å². The molecule has 5 heteroatoms. The molecule has 1 aromatic heterocycles. The number of hydrogen-bond acceptors (Lipinski definition) is 4. The normalized spacial score (nSPS) is 32.2. The molecule has 2 aliphatic rings. The zero-order valence-electron chi connectivity index (χ0n) is 9.93. The monoisotopic (exact) mass is 235 g/mol. The molecule has 1 aromatic rings. The van der Waals surface area contributed by atoms with E-state index in [0.717, 1.165) is 24.6 Å². The Labute approximate surface area is 100 Å². The van der Waals surface area contributed by atoms with E-state index in [-0.39, 0.29) is 11.9 Å². The maximum Gasteiger partial charge on any atom is 0.240 e. The topological polar surface area (TPSA) is 58.4 Å². The van der Waals surface area contributed by atoms with Crippen LogP contribution in [0.3, 0.4) is 0 Å². The highest BCUT2D eigenvalue weighted by molar-refractivity contribution is 5.82. The third-order valence-electron chi connectivity index (χ3n) is 3.86. The van der Waals surface area contributed by atoms with E-state index in [1.807, 2.05) is 11.9 Å². The number of amides is 1. The van der Waals surface area contributed by atoms with Gasteiger partial charge in [0.1, 0.15) is 6.26 Å². The van der Waals surface area contributed by atoms with Gasteiger partial charge in [0.05, 0.1) is 18.3 Å². The smallest absolute Gasteiger partial charge is 0.240 e. The number of carbonyl (C=O) groups is 1. The van der Waals surface area contributed by atoms with Crippen molar-refractivity contribution < 1.29 is 9.21 Å². The van der Waals surface area contributed by atoms with Crippen LogP contribution in [-0.2, 0) is 11.3 Å². The summed E-state index contributed by atoms with van der Waals surface area (Å²) in [6.45, 7) is 1.44. The molecule has 3 unspecified atom stereocenters. The number of rotatable bonds is 3. The van der Waals surface area contributed by atoms with Crippen LogP contribution in [-0.4, -0.2) is 35.4 Å². The minimum Gasteiger partial charge on any atom is -0.451 e. The number of aromatic nitrogens is 1. The highest BCUT2D eigenvalue weighted by atomic mass is 16.3. The molecular weight excluding hydrogens is 218 g/mol. The first kappa shape index (κ1) is 10.8. The SMILES string of the molecule is CNC1CC2CC2CN(Cc2cocn2)C1=O. The number of fused-ring (bicyclic) bond motifs is 1. The van der Waals surface area contributed by atoms with Crippen LogP contribution in [0.1, 0.15) is 18.5 Å². The summed E-state index contributed by atoms with van der Waals surface area (Å²) >= 11 is 0. The molecule has 3 atom stereocenters. The van der Waals surface area contributed by atoms with Crippen LogP contribution in [0.25, 0.3) is 0 Å². The van der Waals surface area contributed by atoms with E-state index < -0.39 is 0 Å². The molecule has 92 valence electrons. The van der Waals surface area contributed by atoms with E-state index in [9.17, 15) is 4.79 Å². The molecular formula is C12H17N3O2. The van der Waals surface area contributed by atoms with Crippen LogP contribution >= 0.6 is 0 Å². The van der Waals surface area contributed by atoms with Crippen molar-refractivity contribution >= 4 is 5.91 Å². The van der Waals surface area contributed by atoms with Crippen molar-refractivity contribution in [2.75, 3.05) is 13.6 Å². The molecule has 17 heavy (non-hydrogen) atoms. The van der Waals surface area contributed by atoms with Gasteiger partial charge in [-0.15, -0.1) is 0 Å². The number of nitrogens with one attached hydrogen (secondary N) is 1. The number of oxazole rings is 1. The predicted molar refractivity (Wildman–Crippen MR) is 61.0 cm³/mol. The molecule has 5 nitrogen and oxygen atoms in total. The summed E-state index contributed by atoms with van der Waals surface area (Å²) in [6, 6.07) is -0.0283. The Hall–Kier alpha value is -1.36. The first-order valence-electron chi connectivity index (χ1n) is 6.11. The Morgan fingerprint density at radius 2 is 2.41 bits per heavy atom. The summed E-state index contributed by atoms with van der Waals surface area (Å²) in [5.41, 5.74) is 0.826. The van der Waals surface area contributed by atoms with Gasteiger partial charge in [-0.1, -0.05) is 0 Å². The van der Waals surface area contributed by atoms with Gasteiger partial charge >= 0.3 is 0 Å². The zero-order valence-corrected chi connectivity index (χ0v) is 9.93. The lowest BCUT2D eigenvalue weighted by Gasteiger charge is -2.24. The van der Waals surface area contributed by atoms with E-state index in [1.54, 1.807) is 6.26 Å². The van der Waals surface area contributed by atoms with Crippen molar-refractivity contribution in [1.29, 1.82) is 0 Å². The van der Waals surface area contributed by atoms with E-state index in [1.165, 1.54) is 12.8 Å². The van der Waals surface area contributed by atoms with Crippen molar-refractivity contribution in [1.82, 2.24) is 15.2 Å². The number of hydrogen-bond donors (Lipinski definition) is 1. The third kappa shape index (κ3) is 2.07. The molecule has 1 amide bonds. The summed E-state index contributed by atoms with van der Waals surface area (Å²) in [6.07, 6.45) is 5.26. The number of nitrogens with zero attached hydrogens (tertiary/aromatic N) is 2. The minimum atomic E-state index is -0.0283. The van der Waals surface area contributed by atoms with Gasteiger partial charge < -0.3 is 14.6 Å². The Balaban J connectivity index is 1.74. The second-order valence-corrected chi connectivity index (χ2v) is 5.03. The fourth-order valence-corrected chi connectivity index (χ4v) is 2.71. The van der Waals surface area contributed by atoms with E-state index in [2.05, 4.69) is 10.3 Å². The van der Waals surface area contributed by atoms with Gasteiger partial charge in [-0.05, 0) is 31.7 Å². The fourth-order valence-electron chi connectivity index (χ4n) is 2.71. The lowest BCUT2D eigenvalue weighted by Crippen LogP contribution is -2.44. The summed E-state index contributed by atoms with van der Waals surface area (Å²) in [5.74, 6) is 1.63. The molecule has 0 aromatic carbocycles. The molecule has 0 bridgehead atoms. The summed E-state index contributed by atoms with van der Waals surface area (Å²) < 4.78 is 4.95. The van der Waals surface area contributed by atoms with E-state index >= 15 is 0 Å². The summed E-state index contributed by atoms with van der Waals surface area (Å²) in [7, 11) is 1.86. The van der Waals surface area contributed by atoms with Gasteiger partial charge in [-0.3, -0.25) is 4.79 Å².